The van der Waals surface area contributed by atoms with Gasteiger partial charge in [0.05, 0.1) is 6.61 Å². The highest BCUT2D eigenvalue weighted by Crippen LogP contribution is 1.98. The molecule has 0 heterocycles. The Bertz CT molecular complexity index is 158. The third kappa shape index (κ3) is 4.91. The molecule has 0 aliphatic carbocycles. The molecule has 0 aromatic rings. The van der Waals surface area contributed by atoms with Gasteiger partial charge in [-0.1, -0.05) is 13.8 Å². The quantitative estimate of drug-likeness (QED) is 0.484. The monoisotopic (exact) mass is 143 g/mol. The molecular weight excluding hydrogens is 132 g/mol. The summed E-state index contributed by atoms with van der Waals surface area (Å²) in [6, 6.07) is 0. The van der Waals surface area contributed by atoms with Gasteiger partial charge in [-0.2, -0.15) is 0 Å². The van der Waals surface area contributed by atoms with Crippen molar-refractivity contribution in [1.82, 2.24) is 0 Å². The smallest absolute Gasteiger partial charge is 0.429 e. The van der Waals surface area contributed by atoms with Crippen LogP contribution in [0.4, 0.5) is 0 Å². The first-order chi connectivity index (χ1) is 4.66. The number of nitrogens with zero attached hydrogens (tertiary/aromatic N) is 2. The minimum absolute atomic E-state index is 0.342. The van der Waals surface area contributed by atoms with E-state index in [2.05, 4.69) is 4.98 Å². The predicted molar refractivity (Wildman–Crippen MR) is 36.6 cm³/mol. The van der Waals surface area contributed by atoms with Gasteiger partial charge in [0, 0.05) is 0 Å². The van der Waals surface area contributed by atoms with Crippen molar-refractivity contribution in [2.24, 2.45) is 5.92 Å². The number of hydrogen-bond acceptors (Lipinski definition) is 3. The zero-order valence-electron chi connectivity index (χ0n) is 6.11. The summed E-state index contributed by atoms with van der Waals surface area (Å²) in [5, 5.41) is 16.6. The summed E-state index contributed by atoms with van der Waals surface area (Å²) in [6.07, 6.45) is 0.836. The number of ether oxygens (including phenoxy) is 1. The molecule has 0 atom stereocenters. The first kappa shape index (κ1) is 8.76. The van der Waals surface area contributed by atoms with Crippen LogP contribution in [0, 0.1) is 11.3 Å². The molecule has 0 aliphatic rings. The van der Waals surface area contributed by atoms with E-state index in [-0.39, 0.29) is 5.95 Å². The van der Waals surface area contributed by atoms with Crippen molar-refractivity contribution in [3.63, 3.8) is 0 Å². The molecule has 0 fully saturated rings. The predicted octanol–water partition coefficient (Wildman–Crippen LogP) is 1.87. The fourth-order valence-corrected chi connectivity index (χ4v) is 0.339. The highest BCUT2D eigenvalue weighted by molar-refractivity contribution is 4.87. The van der Waals surface area contributed by atoms with Crippen molar-refractivity contribution in [1.29, 1.82) is 5.39 Å². The maximum atomic E-state index is 8.68. The molecule has 0 radical (unpaired) electrons. The Morgan fingerprint density at radius 3 is 2.80 bits per heavy atom. The van der Waals surface area contributed by atoms with Crippen LogP contribution in [0.25, 0.3) is 4.98 Å². The lowest BCUT2D eigenvalue weighted by Gasteiger charge is -2.02. The van der Waals surface area contributed by atoms with Crippen LogP contribution >= 0.6 is 0 Å². The number of diazo groups is 1. The highest BCUT2D eigenvalue weighted by atomic mass is 16.6. The van der Waals surface area contributed by atoms with Gasteiger partial charge < -0.3 is 9.84 Å². The van der Waals surface area contributed by atoms with Gasteiger partial charge in [0.25, 0.3) is 0 Å². The Hall–Kier alpha value is -1.24. The molecule has 1 N–H and O–H groups in total. The molecule has 0 aromatic heterocycles. The van der Waals surface area contributed by atoms with Gasteiger partial charge in [0.15, 0.2) is 4.98 Å². The minimum Gasteiger partial charge on any atom is -0.476 e. The van der Waals surface area contributed by atoms with E-state index in [0.29, 0.717) is 12.5 Å². The van der Waals surface area contributed by atoms with Crippen LogP contribution in [0.15, 0.2) is 12.1 Å². The lowest BCUT2D eigenvalue weighted by Crippen LogP contribution is -2.00. The van der Waals surface area contributed by atoms with E-state index in [1.54, 1.807) is 0 Å². The van der Waals surface area contributed by atoms with E-state index >= 15 is 0 Å². The summed E-state index contributed by atoms with van der Waals surface area (Å²) in [6.45, 7) is 4.31. The summed E-state index contributed by atoms with van der Waals surface area (Å²) in [5.41, 5.74) is 0. The van der Waals surface area contributed by atoms with Crippen molar-refractivity contribution in [3.05, 3.63) is 17.1 Å². The van der Waals surface area contributed by atoms with Crippen molar-refractivity contribution >= 4 is 0 Å². The molecular formula is C6H11N2O2+. The molecule has 4 heteroatoms. The second kappa shape index (κ2) is 4.62. The summed E-state index contributed by atoms with van der Waals surface area (Å²) in [4.78, 5) is 2.58. The van der Waals surface area contributed by atoms with E-state index in [1.165, 1.54) is 0 Å². The summed E-state index contributed by atoms with van der Waals surface area (Å²) >= 11 is 0. The van der Waals surface area contributed by atoms with E-state index in [9.17, 15) is 0 Å². The maximum Gasteiger partial charge on any atom is 0.429 e. The van der Waals surface area contributed by atoms with Gasteiger partial charge >= 0.3 is 12.1 Å². The molecule has 0 amide bonds. The number of aliphatic hydroxyl groups is 1. The summed E-state index contributed by atoms with van der Waals surface area (Å²) in [7, 11) is 0. The van der Waals surface area contributed by atoms with Crippen LogP contribution in [-0.2, 0) is 4.74 Å². The van der Waals surface area contributed by atoms with Crippen molar-refractivity contribution in [3.8, 4) is 0 Å². The van der Waals surface area contributed by atoms with Gasteiger partial charge in [-0.05, 0) is 5.92 Å². The second-order valence-corrected chi connectivity index (χ2v) is 2.29. The fourth-order valence-electron chi connectivity index (χ4n) is 0.339. The van der Waals surface area contributed by atoms with E-state index in [1.807, 2.05) is 13.8 Å². The third-order valence-electron chi connectivity index (χ3n) is 0.733. The fraction of sp³-hybridized carbons (Fsp3) is 0.667. The van der Waals surface area contributed by atoms with E-state index < -0.39 is 0 Å². The molecule has 56 valence electrons. The molecule has 0 bridgehead atoms. The second-order valence-electron chi connectivity index (χ2n) is 2.29. The van der Waals surface area contributed by atoms with Gasteiger partial charge in [-0.25, -0.2) is 0 Å². The molecule has 4 nitrogen and oxygen atoms in total. The zero-order valence-corrected chi connectivity index (χ0v) is 6.11. The van der Waals surface area contributed by atoms with Crippen molar-refractivity contribution < 1.29 is 9.84 Å². The molecule has 0 aromatic carbocycles. The Balaban J connectivity index is 3.51. The first-order valence-electron chi connectivity index (χ1n) is 3.03. The third-order valence-corrected chi connectivity index (χ3v) is 0.733. The molecule has 0 aliphatic heterocycles. The molecule has 10 heavy (non-hydrogen) atoms. The molecule has 0 saturated heterocycles. The largest absolute Gasteiger partial charge is 0.476 e. The molecule has 0 saturated carbocycles. The standard InChI is InChI=1S/C6H10N2O2/c1-5(2)4-10-6(9)3-8-7/h3,5H,4H2,1-2H3/p+1. The van der Waals surface area contributed by atoms with Crippen LogP contribution in [0.3, 0.4) is 0 Å². The maximum absolute atomic E-state index is 8.68. The number of hydrogen-bond donors (Lipinski definition) is 1. The van der Waals surface area contributed by atoms with Crippen LogP contribution in [0.2, 0.25) is 0 Å². The number of aliphatic hydroxyl groups excluding tert-OH is 1. The number of rotatable bonds is 3. The van der Waals surface area contributed by atoms with E-state index in [4.69, 9.17) is 15.2 Å². The molecule has 0 rings (SSSR count). The Kier molecular flexibility index (Phi) is 4.05. The van der Waals surface area contributed by atoms with Gasteiger partial charge in [-0.15, -0.1) is 0 Å². The molecule has 0 unspecified atom stereocenters. The average molecular weight is 143 g/mol. The first-order valence-corrected chi connectivity index (χ1v) is 3.03. The normalized spacial score (nSPS) is 11.2. The van der Waals surface area contributed by atoms with Crippen molar-refractivity contribution in [2.75, 3.05) is 6.61 Å². The van der Waals surface area contributed by atoms with E-state index in [0.717, 1.165) is 6.20 Å². The zero-order chi connectivity index (χ0) is 7.98. The Labute approximate surface area is 59.7 Å². The summed E-state index contributed by atoms with van der Waals surface area (Å²) in [5.74, 6) is -0.0227. The highest BCUT2D eigenvalue weighted by Gasteiger charge is 2.01. The van der Waals surface area contributed by atoms with Crippen LogP contribution in [0.1, 0.15) is 13.8 Å². The lowest BCUT2D eigenvalue weighted by molar-refractivity contribution is 0.0766. The average Bonchev–Trinajstić information content (AvgIpc) is 1.85. The minimum atomic E-state index is -0.365. The SMILES string of the molecule is CC(C)COC(O)=C[N+]#N. The Morgan fingerprint density at radius 1 is 1.80 bits per heavy atom. The van der Waals surface area contributed by atoms with Crippen molar-refractivity contribution in [2.45, 2.75) is 13.8 Å². The van der Waals surface area contributed by atoms with Gasteiger partial charge in [-0.3, -0.25) is 0 Å². The Morgan fingerprint density at radius 2 is 2.40 bits per heavy atom. The molecule has 0 spiro atoms. The summed E-state index contributed by atoms with van der Waals surface area (Å²) < 4.78 is 4.71. The van der Waals surface area contributed by atoms with Gasteiger partial charge in [0.1, 0.15) is 0 Å². The van der Waals surface area contributed by atoms with Crippen LogP contribution < -0.4 is 0 Å². The lowest BCUT2D eigenvalue weighted by atomic mass is 10.2. The topological polar surface area (TPSA) is 57.6 Å². The van der Waals surface area contributed by atoms with Crippen LogP contribution in [-0.4, -0.2) is 11.7 Å². The van der Waals surface area contributed by atoms with Gasteiger partial charge in [0.2, 0.25) is 5.39 Å². The van der Waals surface area contributed by atoms with Crippen LogP contribution in [0.5, 0.6) is 0 Å².